The lowest BCUT2D eigenvalue weighted by molar-refractivity contribution is -0.0811. The molecule has 6 heteroatoms. The zero-order chi connectivity index (χ0) is 14.1. The summed E-state index contributed by atoms with van der Waals surface area (Å²) in [6.07, 6.45) is -0.105. The first kappa shape index (κ1) is 13.4. The van der Waals surface area contributed by atoms with Crippen molar-refractivity contribution in [2.24, 2.45) is 0 Å². The number of hydrogen-bond acceptors (Lipinski definition) is 5. The third-order valence-corrected chi connectivity index (χ3v) is 3.75. The van der Waals surface area contributed by atoms with E-state index in [9.17, 15) is 5.11 Å². The Morgan fingerprint density at radius 3 is 3.20 bits per heavy atom. The Hall–Kier alpha value is -1.63. The van der Waals surface area contributed by atoms with Gasteiger partial charge in [-0.05, 0) is 25.1 Å². The standard InChI is InChI=1S/C14H20N4O2/c1-9-8-20-11(7-19)5-18(9)6-14-16-12-3-2-10(15)4-13(12)17-14/h2-4,9,11,19H,5-8,15H2,1H3,(H,16,17). The summed E-state index contributed by atoms with van der Waals surface area (Å²) in [5, 5.41) is 9.22. The van der Waals surface area contributed by atoms with E-state index in [-0.39, 0.29) is 12.7 Å². The number of aliphatic hydroxyl groups excluding tert-OH is 1. The zero-order valence-electron chi connectivity index (χ0n) is 11.5. The average molecular weight is 276 g/mol. The summed E-state index contributed by atoms with van der Waals surface area (Å²) < 4.78 is 5.54. The lowest BCUT2D eigenvalue weighted by Crippen LogP contribution is -2.49. The number of aliphatic hydroxyl groups is 1. The van der Waals surface area contributed by atoms with E-state index in [1.165, 1.54) is 0 Å². The molecule has 3 rings (SSSR count). The van der Waals surface area contributed by atoms with Crippen LogP contribution < -0.4 is 5.73 Å². The molecular weight excluding hydrogens is 256 g/mol. The SMILES string of the molecule is CC1COC(CO)CN1Cc1nc2ccc(N)cc2[nH]1. The first-order valence-corrected chi connectivity index (χ1v) is 6.86. The molecular formula is C14H20N4O2. The molecule has 6 nitrogen and oxygen atoms in total. The molecule has 20 heavy (non-hydrogen) atoms. The fourth-order valence-electron chi connectivity index (χ4n) is 2.55. The summed E-state index contributed by atoms with van der Waals surface area (Å²) in [4.78, 5) is 10.1. The molecule has 1 fully saturated rings. The van der Waals surface area contributed by atoms with E-state index in [1.54, 1.807) is 0 Å². The summed E-state index contributed by atoms with van der Waals surface area (Å²) in [6, 6.07) is 5.98. The number of benzene rings is 1. The number of nitrogens with zero attached hydrogens (tertiary/aromatic N) is 2. The van der Waals surface area contributed by atoms with Gasteiger partial charge in [-0.15, -0.1) is 0 Å². The van der Waals surface area contributed by atoms with Gasteiger partial charge in [-0.3, -0.25) is 4.90 Å². The van der Waals surface area contributed by atoms with Crippen LogP contribution in [0.2, 0.25) is 0 Å². The molecule has 2 atom stereocenters. The van der Waals surface area contributed by atoms with Gasteiger partial charge in [-0.1, -0.05) is 0 Å². The van der Waals surface area contributed by atoms with Crippen molar-refractivity contribution in [2.75, 3.05) is 25.5 Å². The normalized spacial score (nSPS) is 24.3. The molecule has 0 saturated carbocycles. The van der Waals surface area contributed by atoms with Crippen LogP contribution in [0.3, 0.4) is 0 Å². The van der Waals surface area contributed by atoms with Gasteiger partial charge < -0.3 is 20.6 Å². The summed E-state index contributed by atoms with van der Waals surface area (Å²) in [5.74, 6) is 0.913. The third kappa shape index (κ3) is 2.63. The molecule has 0 bridgehead atoms. The minimum Gasteiger partial charge on any atom is -0.399 e. The van der Waals surface area contributed by atoms with Crippen molar-refractivity contribution in [3.63, 3.8) is 0 Å². The molecule has 0 radical (unpaired) electrons. The second kappa shape index (κ2) is 5.40. The molecule has 0 amide bonds. The summed E-state index contributed by atoms with van der Waals surface area (Å²) >= 11 is 0. The van der Waals surface area contributed by atoms with Gasteiger partial charge in [0.2, 0.25) is 0 Å². The average Bonchev–Trinajstić information content (AvgIpc) is 2.82. The highest BCUT2D eigenvalue weighted by atomic mass is 16.5. The molecule has 1 aromatic heterocycles. The Kier molecular flexibility index (Phi) is 3.60. The Bertz CT molecular complexity index is 598. The number of morpholine rings is 1. The first-order valence-electron chi connectivity index (χ1n) is 6.86. The number of nitrogen functional groups attached to an aromatic ring is 1. The van der Waals surface area contributed by atoms with Crippen molar-refractivity contribution < 1.29 is 9.84 Å². The number of ether oxygens (including phenoxy) is 1. The van der Waals surface area contributed by atoms with Gasteiger partial charge in [0, 0.05) is 18.3 Å². The van der Waals surface area contributed by atoms with Gasteiger partial charge in [0.15, 0.2) is 0 Å². The van der Waals surface area contributed by atoms with Crippen LogP contribution in [0.15, 0.2) is 18.2 Å². The third-order valence-electron chi connectivity index (χ3n) is 3.75. The molecule has 1 aliphatic heterocycles. The summed E-state index contributed by atoms with van der Waals surface area (Å²) in [6.45, 7) is 4.25. The quantitative estimate of drug-likeness (QED) is 0.719. The van der Waals surface area contributed by atoms with Gasteiger partial charge in [-0.2, -0.15) is 0 Å². The highest BCUT2D eigenvalue weighted by molar-refractivity contribution is 5.78. The van der Waals surface area contributed by atoms with E-state index < -0.39 is 0 Å². The Morgan fingerprint density at radius 2 is 2.40 bits per heavy atom. The van der Waals surface area contributed by atoms with Crippen molar-refractivity contribution in [1.82, 2.24) is 14.9 Å². The zero-order valence-corrected chi connectivity index (χ0v) is 11.5. The van der Waals surface area contributed by atoms with Crippen molar-refractivity contribution in [3.8, 4) is 0 Å². The van der Waals surface area contributed by atoms with Crippen LogP contribution in [-0.2, 0) is 11.3 Å². The first-order chi connectivity index (χ1) is 9.65. The fourth-order valence-corrected chi connectivity index (χ4v) is 2.55. The Balaban J connectivity index is 1.77. The van der Waals surface area contributed by atoms with Gasteiger partial charge in [0.25, 0.3) is 0 Å². The molecule has 1 aromatic carbocycles. The maximum absolute atomic E-state index is 9.22. The van der Waals surface area contributed by atoms with Crippen LogP contribution in [0.25, 0.3) is 11.0 Å². The largest absolute Gasteiger partial charge is 0.399 e. The second-order valence-electron chi connectivity index (χ2n) is 5.38. The molecule has 4 N–H and O–H groups in total. The molecule has 1 aliphatic rings. The van der Waals surface area contributed by atoms with Crippen LogP contribution in [0.5, 0.6) is 0 Å². The minimum atomic E-state index is -0.105. The van der Waals surface area contributed by atoms with Crippen molar-refractivity contribution in [1.29, 1.82) is 0 Å². The van der Waals surface area contributed by atoms with E-state index in [1.807, 2.05) is 18.2 Å². The summed E-state index contributed by atoms with van der Waals surface area (Å²) in [5.41, 5.74) is 8.39. The van der Waals surface area contributed by atoms with Crippen LogP contribution >= 0.6 is 0 Å². The van der Waals surface area contributed by atoms with Crippen molar-refractivity contribution in [2.45, 2.75) is 25.6 Å². The fraction of sp³-hybridized carbons (Fsp3) is 0.500. The predicted molar refractivity (Wildman–Crippen MR) is 77.2 cm³/mol. The van der Waals surface area contributed by atoms with Crippen molar-refractivity contribution >= 4 is 16.7 Å². The van der Waals surface area contributed by atoms with Crippen molar-refractivity contribution in [3.05, 3.63) is 24.0 Å². The van der Waals surface area contributed by atoms with Gasteiger partial charge in [0.1, 0.15) is 5.82 Å². The molecule has 2 unspecified atom stereocenters. The smallest absolute Gasteiger partial charge is 0.121 e. The van der Waals surface area contributed by atoms with Crippen LogP contribution in [0.4, 0.5) is 5.69 Å². The number of fused-ring (bicyclic) bond motifs is 1. The number of aromatic nitrogens is 2. The minimum absolute atomic E-state index is 0.0554. The monoisotopic (exact) mass is 276 g/mol. The molecule has 108 valence electrons. The predicted octanol–water partition coefficient (Wildman–Crippen LogP) is 0.727. The molecule has 0 spiro atoms. The lowest BCUT2D eigenvalue weighted by atomic mass is 10.2. The molecule has 2 heterocycles. The lowest BCUT2D eigenvalue weighted by Gasteiger charge is -2.36. The molecule has 2 aromatic rings. The highest BCUT2D eigenvalue weighted by Gasteiger charge is 2.26. The number of nitrogens with two attached hydrogens (primary N) is 1. The highest BCUT2D eigenvalue weighted by Crippen LogP contribution is 2.18. The van der Waals surface area contributed by atoms with Crippen LogP contribution in [0, 0.1) is 0 Å². The van der Waals surface area contributed by atoms with E-state index >= 15 is 0 Å². The van der Waals surface area contributed by atoms with Gasteiger partial charge in [0.05, 0.1) is 36.9 Å². The Morgan fingerprint density at radius 1 is 1.55 bits per heavy atom. The Labute approximate surface area is 117 Å². The number of imidazole rings is 1. The molecule has 0 aliphatic carbocycles. The number of H-pyrrole nitrogens is 1. The van der Waals surface area contributed by atoms with Crippen LogP contribution in [-0.4, -0.2) is 51.9 Å². The van der Waals surface area contributed by atoms with E-state index in [0.29, 0.717) is 12.6 Å². The van der Waals surface area contributed by atoms with E-state index in [0.717, 1.165) is 35.6 Å². The number of hydrogen-bond donors (Lipinski definition) is 3. The number of rotatable bonds is 3. The van der Waals surface area contributed by atoms with E-state index in [2.05, 4.69) is 21.8 Å². The maximum Gasteiger partial charge on any atom is 0.121 e. The van der Waals surface area contributed by atoms with Crippen LogP contribution in [0.1, 0.15) is 12.7 Å². The number of nitrogens with one attached hydrogen (secondary N) is 1. The number of aromatic amines is 1. The maximum atomic E-state index is 9.22. The van der Waals surface area contributed by atoms with E-state index in [4.69, 9.17) is 10.5 Å². The molecule has 1 saturated heterocycles. The van der Waals surface area contributed by atoms with Gasteiger partial charge >= 0.3 is 0 Å². The second-order valence-corrected chi connectivity index (χ2v) is 5.38. The summed E-state index contributed by atoms with van der Waals surface area (Å²) in [7, 11) is 0. The topological polar surface area (TPSA) is 87.4 Å². The van der Waals surface area contributed by atoms with Gasteiger partial charge in [-0.25, -0.2) is 4.98 Å². The number of anilines is 1.